The van der Waals surface area contributed by atoms with E-state index in [2.05, 4.69) is 6.58 Å². The van der Waals surface area contributed by atoms with E-state index in [9.17, 15) is 9.50 Å². The molecule has 0 aliphatic carbocycles. The summed E-state index contributed by atoms with van der Waals surface area (Å²) in [5.41, 5.74) is 2.08. The monoisotopic (exact) mass is 223 g/mol. The average Bonchev–Trinajstić information content (AvgIpc) is 2.15. The molecule has 3 heteroatoms. The van der Waals surface area contributed by atoms with Crippen molar-refractivity contribution in [3.05, 3.63) is 41.7 Å². The molecule has 0 saturated heterocycles. The maximum absolute atomic E-state index is 13.7. The third-order valence-corrected chi connectivity index (χ3v) is 2.37. The quantitative estimate of drug-likeness (QED) is 0.793. The third kappa shape index (κ3) is 3.07. The minimum absolute atomic E-state index is 0.317. The Hall–Kier alpha value is -1.35. The van der Waals surface area contributed by atoms with Gasteiger partial charge in [0.15, 0.2) is 0 Å². The molecule has 2 nitrogen and oxygen atoms in total. The van der Waals surface area contributed by atoms with Crippen LogP contribution in [0.25, 0.3) is 0 Å². The number of aliphatic hydroxyl groups excluding tert-OH is 1. The van der Waals surface area contributed by atoms with E-state index in [4.69, 9.17) is 0 Å². The SMILES string of the molecule is C=C(C)CN(C)c1ccc([C@H](C)O)cc1F. The number of rotatable bonds is 4. The van der Waals surface area contributed by atoms with Gasteiger partial charge in [0.2, 0.25) is 0 Å². The molecule has 1 rings (SSSR count). The first-order chi connectivity index (χ1) is 7.41. The van der Waals surface area contributed by atoms with Crippen LogP contribution in [0.5, 0.6) is 0 Å². The zero-order valence-corrected chi connectivity index (χ0v) is 10.00. The van der Waals surface area contributed by atoms with Crippen molar-refractivity contribution < 1.29 is 9.50 Å². The number of hydrogen-bond donors (Lipinski definition) is 1. The van der Waals surface area contributed by atoms with Gasteiger partial charge in [-0.1, -0.05) is 18.2 Å². The van der Waals surface area contributed by atoms with Crippen molar-refractivity contribution in [1.29, 1.82) is 0 Å². The first-order valence-corrected chi connectivity index (χ1v) is 5.25. The molecule has 0 spiro atoms. The third-order valence-electron chi connectivity index (χ3n) is 2.37. The lowest BCUT2D eigenvalue weighted by atomic mass is 10.1. The van der Waals surface area contributed by atoms with Crippen LogP contribution in [0, 0.1) is 5.82 Å². The van der Waals surface area contributed by atoms with E-state index in [-0.39, 0.29) is 5.82 Å². The summed E-state index contributed by atoms with van der Waals surface area (Å²) in [7, 11) is 1.81. The van der Waals surface area contributed by atoms with Crippen LogP contribution in [0.4, 0.5) is 10.1 Å². The van der Waals surface area contributed by atoms with E-state index in [1.807, 2.05) is 14.0 Å². The Balaban J connectivity index is 2.94. The van der Waals surface area contributed by atoms with Crippen molar-refractivity contribution in [2.75, 3.05) is 18.5 Å². The molecule has 0 aliphatic rings. The van der Waals surface area contributed by atoms with Gasteiger partial charge in [0, 0.05) is 13.6 Å². The van der Waals surface area contributed by atoms with E-state index >= 15 is 0 Å². The largest absolute Gasteiger partial charge is 0.389 e. The highest BCUT2D eigenvalue weighted by Crippen LogP contribution is 2.22. The first-order valence-electron chi connectivity index (χ1n) is 5.25. The summed E-state index contributed by atoms with van der Waals surface area (Å²) in [4.78, 5) is 1.80. The van der Waals surface area contributed by atoms with Gasteiger partial charge >= 0.3 is 0 Å². The van der Waals surface area contributed by atoms with Crippen LogP contribution in [-0.4, -0.2) is 18.7 Å². The summed E-state index contributed by atoms with van der Waals surface area (Å²) in [6, 6.07) is 4.78. The van der Waals surface area contributed by atoms with E-state index in [1.54, 1.807) is 24.0 Å². The molecule has 1 aromatic rings. The molecule has 0 aromatic heterocycles. The molecule has 0 unspecified atom stereocenters. The Bertz CT molecular complexity index is 388. The van der Waals surface area contributed by atoms with Gasteiger partial charge in [0.1, 0.15) is 5.82 Å². The van der Waals surface area contributed by atoms with Crippen molar-refractivity contribution in [3.8, 4) is 0 Å². The van der Waals surface area contributed by atoms with E-state index in [0.29, 0.717) is 17.8 Å². The smallest absolute Gasteiger partial charge is 0.146 e. The van der Waals surface area contributed by atoms with Gasteiger partial charge < -0.3 is 10.0 Å². The molecule has 1 N–H and O–H groups in total. The Morgan fingerprint density at radius 3 is 2.62 bits per heavy atom. The van der Waals surface area contributed by atoms with Gasteiger partial charge in [-0.05, 0) is 31.5 Å². The number of benzene rings is 1. The highest BCUT2D eigenvalue weighted by Gasteiger charge is 2.10. The Labute approximate surface area is 96.0 Å². The van der Waals surface area contributed by atoms with E-state index in [0.717, 1.165) is 5.57 Å². The van der Waals surface area contributed by atoms with Gasteiger partial charge in [-0.25, -0.2) is 4.39 Å². The van der Waals surface area contributed by atoms with Crippen molar-refractivity contribution >= 4 is 5.69 Å². The van der Waals surface area contributed by atoms with Gasteiger partial charge in [0.05, 0.1) is 11.8 Å². The molecule has 88 valence electrons. The summed E-state index contributed by atoms with van der Waals surface area (Å²) in [5.74, 6) is -0.317. The number of halogens is 1. The zero-order valence-electron chi connectivity index (χ0n) is 10.00. The molecule has 1 atom stereocenters. The molecule has 16 heavy (non-hydrogen) atoms. The minimum atomic E-state index is -0.644. The molecule has 0 heterocycles. The predicted octanol–water partition coefficient (Wildman–Crippen LogP) is 2.89. The second-order valence-corrected chi connectivity index (χ2v) is 4.20. The van der Waals surface area contributed by atoms with E-state index < -0.39 is 6.10 Å². The fourth-order valence-corrected chi connectivity index (χ4v) is 1.58. The maximum Gasteiger partial charge on any atom is 0.146 e. The number of hydrogen-bond acceptors (Lipinski definition) is 2. The van der Waals surface area contributed by atoms with Crippen LogP contribution in [-0.2, 0) is 0 Å². The Kier molecular flexibility index (Phi) is 4.07. The maximum atomic E-state index is 13.7. The highest BCUT2D eigenvalue weighted by atomic mass is 19.1. The van der Waals surface area contributed by atoms with Gasteiger partial charge in [-0.15, -0.1) is 0 Å². The van der Waals surface area contributed by atoms with Crippen LogP contribution >= 0.6 is 0 Å². The molecule has 0 radical (unpaired) electrons. The molecular weight excluding hydrogens is 205 g/mol. The molecule has 0 aliphatic heterocycles. The molecule has 1 aromatic carbocycles. The van der Waals surface area contributed by atoms with Crippen molar-refractivity contribution in [3.63, 3.8) is 0 Å². The molecule has 0 bridgehead atoms. The molecule has 0 amide bonds. The number of likely N-dealkylation sites (N-methyl/N-ethyl adjacent to an activating group) is 1. The first kappa shape index (κ1) is 12.7. The summed E-state index contributed by atoms with van der Waals surface area (Å²) >= 11 is 0. The standard InChI is InChI=1S/C13H18FNO/c1-9(2)8-15(4)13-6-5-11(10(3)16)7-12(13)14/h5-7,10,16H,1,8H2,2-4H3/t10-/m0/s1. The van der Waals surface area contributed by atoms with Crippen molar-refractivity contribution in [2.45, 2.75) is 20.0 Å². The van der Waals surface area contributed by atoms with Gasteiger partial charge in [-0.3, -0.25) is 0 Å². The van der Waals surface area contributed by atoms with Crippen LogP contribution < -0.4 is 4.90 Å². The van der Waals surface area contributed by atoms with Crippen molar-refractivity contribution in [1.82, 2.24) is 0 Å². The summed E-state index contributed by atoms with van der Waals surface area (Å²) in [6.45, 7) is 7.93. The minimum Gasteiger partial charge on any atom is -0.389 e. The lowest BCUT2D eigenvalue weighted by Gasteiger charge is -2.20. The van der Waals surface area contributed by atoms with Gasteiger partial charge in [0.25, 0.3) is 0 Å². The fraction of sp³-hybridized carbons (Fsp3) is 0.385. The zero-order chi connectivity index (χ0) is 12.3. The van der Waals surface area contributed by atoms with Crippen molar-refractivity contribution in [2.24, 2.45) is 0 Å². The van der Waals surface area contributed by atoms with E-state index in [1.165, 1.54) is 6.07 Å². The summed E-state index contributed by atoms with van der Waals surface area (Å²) < 4.78 is 13.7. The second kappa shape index (κ2) is 5.12. The molecular formula is C13H18FNO. The lowest BCUT2D eigenvalue weighted by Crippen LogP contribution is -2.20. The van der Waals surface area contributed by atoms with Crippen LogP contribution in [0.1, 0.15) is 25.5 Å². The van der Waals surface area contributed by atoms with Crippen LogP contribution in [0.15, 0.2) is 30.4 Å². The second-order valence-electron chi connectivity index (χ2n) is 4.20. The molecule has 0 saturated carbocycles. The highest BCUT2D eigenvalue weighted by molar-refractivity contribution is 5.49. The summed E-state index contributed by atoms with van der Waals surface area (Å²) in [5, 5.41) is 9.33. The predicted molar refractivity (Wildman–Crippen MR) is 65.1 cm³/mol. The van der Waals surface area contributed by atoms with Crippen LogP contribution in [0.3, 0.4) is 0 Å². The number of aliphatic hydroxyl groups is 1. The Morgan fingerprint density at radius 1 is 1.56 bits per heavy atom. The lowest BCUT2D eigenvalue weighted by molar-refractivity contribution is 0.199. The Morgan fingerprint density at radius 2 is 2.19 bits per heavy atom. The van der Waals surface area contributed by atoms with Gasteiger partial charge in [-0.2, -0.15) is 0 Å². The number of anilines is 1. The topological polar surface area (TPSA) is 23.5 Å². The average molecular weight is 223 g/mol. The molecule has 0 fully saturated rings. The normalized spacial score (nSPS) is 12.3. The summed E-state index contributed by atoms with van der Waals surface area (Å²) in [6.07, 6.45) is -0.644. The fourth-order valence-electron chi connectivity index (χ4n) is 1.58. The number of nitrogens with zero attached hydrogens (tertiary/aromatic N) is 1. The van der Waals surface area contributed by atoms with Crippen LogP contribution in [0.2, 0.25) is 0 Å².